The van der Waals surface area contributed by atoms with Gasteiger partial charge >= 0.3 is 0 Å². The van der Waals surface area contributed by atoms with Gasteiger partial charge in [-0.3, -0.25) is 4.98 Å². The van der Waals surface area contributed by atoms with E-state index in [0.29, 0.717) is 6.04 Å². The number of nitrogens with one attached hydrogen (secondary N) is 1. The smallest absolute Gasteiger partial charge is 0.121 e. The van der Waals surface area contributed by atoms with Crippen LogP contribution < -0.4 is 10.1 Å². The van der Waals surface area contributed by atoms with Gasteiger partial charge in [0.05, 0.1) is 5.52 Å². The molecular weight excluding hydrogens is 260 g/mol. The zero-order valence-electron chi connectivity index (χ0n) is 12.7. The normalized spacial score (nSPS) is 17.8. The van der Waals surface area contributed by atoms with Crippen LogP contribution in [0.25, 0.3) is 10.9 Å². The van der Waals surface area contributed by atoms with E-state index in [9.17, 15) is 0 Å². The van der Waals surface area contributed by atoms with Crippen LogP contribution in [0.2, 0.25) is 0 Å². The third-order valence-electron chi connectivity index (χ3n) is 4.21. The van der Waals surface area contributed by atoms with E-state index in [4.69, 9.17) is 4.74 Å². The Morgan fingerprint density at radius 1 is 1.24 bits per heavy atom. The number of ether oxygens (including phenoxy) is 1. The summed E-state index contributed by atoms with van der Waals surface area (Å²) < 4.78 is 6.01. The molecule has 3 nitrogen and oxygen atoms in total. The van der Waals surface area contributed by atoms with Crippen molar-refractivity contribution >= 4 is 10.9 Å². The maximum Gasteiger partial charge on any atom is 0.121 e. The van der Waals surface area contributed by atoms with Crippen molar-refractivity contribution in [2.24, 2.45) is 0 Å². The maximum atomic E-state index is 6.01. The summed E-state index contributed by atoms with van der Waals surface area (Å²) in [4.78, 5) is 4.37. The number of hydrogen-bond donors (Lipinski definition) is 1. The molecule has 112 valence electrons. The van der Waals surface area contributed by atoms with Gasteiger partial charge in [-0.15, -0.1) is 0 Å². The van der Waals surface area contributed by atoms with E-state index in [0.717, 1.165) is 23.2 Å². The first-order chi connectivity index (χ1) is 10.3. The van der Waals surface area contributed by atoms with E-state index >= 15 is 0 Å². The first-order valence-electron chi connectivity index (χ1n) is 8.06. The van der Waals surface area contributed by atoms with Gasteiger partial charge in [0, 0.05) is 30.2 Å². The van der Waals surface area contributed by atoms with Crippen LogP contribution in [0.4, 0.5) is 0 Å². The average Bonchev–Trinajstić information content (AvgIpc) is 2.54. The van der Waals surface area contributed by atoms with Crippen LogP contribution in [0.5, 0.6) is 5.75 Å². The lowest BCUT2D eigenvalue weighted by Gasteiger charge is -2.25. The molecule has 1 aromatic heterocycles. The van der Waals surface area contributed by atoms with Crippen LogP contribution in [-0.2, 0) is 0 Å². The second-order valence-corrected chi connectivity index (χ2v) is 6.03. The minimum atomic E-state index is 0.174. The van der Waals surface area contributed by atoms with Gasteiger partial charge in [0.25, 0.3) is 0 Å². The Bertz CT molecular complexity index is 578. The fourth-order valence-electron chi connectivity index (χ4n) is 3.03. The Morgan fingerprint density at radius 3 is 2.95 bits per heavy atom. The first-order valence-corrected chi connectivity index (χ1v) is 8.06. The predicted molar refractivity (Wildman–Crippen MR) is 86.7 cm³/mol. The number of pyridine rings is 1. The standard InChI is InChI=1S/C18H24N2O/c1-14(13-20-16-7-3-2-4-8-16)21-17-10-9-15-6-5-11-19-18(15)12-17/h5-6,9-12,14,16,20H,2-4,7-8,13H2,1H3. The molecule has 3 rings (SSSR count). The Hall–Kier alpha value is -1.61. The van der Waals surface area contributed by atoms with E-state index in [2.05, 4.69) is 29.4 Å². The lowest BCUT2D eigenvalue weighted by molar-refractivity contribution is 0.205. The van der Waals surface area contributed by atoms with Gasteiger partial charge in [-0.1, -0.05) is 25.3 Å². The molecule has 0 radical (unpaired) electrons. The highest BCUT2D eigenvalue weighted by atomic mass is 16.5. The second kappa shape index (κ2) is 6.90. The molecular formula is C18H24N2O. The molecule has 0 saturated heterocycles. The molecule has 1 N–H and O–H groups in total. The van der Waals surface area contributed by atoms with Crippen molar-refractivity contribution in [3.05, 3.63) is 36.5 Å². The van der Waals surface area contributed by atoms with Gasteiger partial charge < -0.3 is 10.1 Å². The van der Waals surface area contributed by atoms with Crippen LogP contribution in [0.1, 0.15) is 39.0 Å². The summed E-state index contributed by atoms with van der Waals surface area (Å²) in [5, 5.41) is 4.79. The first kappa shape index (κ1) is 14.3. The lowest BCUT2D eigenvalue weighted by atomic mass is 9.95. The van der Waals surface area contributed by atoms with Crippen molar-refractivity contribution in [3.63, 3.8) is 0 Å². The summed E-state index contributed by atoms with van der Waals surface area (Å²) in [6.45, 7) is 3.03. The van der Waals surface area contributed by atoms with Gasteiger partial charge in [-0.2, -0.15) is 0 Å². The number of aromatic nitrogens is 1. The molecule has 1 heterocycles. The summed E-state index contributed by atoms with van der Waals surface area (Å²) >= 11 is 0. The Kier molecular flexibility index (Phi) is 4.71. The molecule has 1 aliphatic rings. The largest absolute Gasteiger partial charge is 0.489 e. The van der Waals surface area contributed by atoms with Crippen molar-refractivity contribution in [3.8, 4) is 5.75 Å². The molecule has 0 bridgehead atoms. The molecule has 0 spiro atoms. The monoisotopic (exact) mass is 284 g/mol. The molecule has 0 amide bonds. The van der Waals surface area contributed by atoms with Gasteiger partial charge in [-0.25, -0.2) is 0 Å². The molecule has 21 heavy (non-hydrogen) atoms. The van der Waals surface area contributed by atoms with Crippen molar-refractivity contribution < 1.29 is 4.74 Å². The van der Waals surface area contributed by atoms with Crippen LogP contribution in [0, 0.1) is 0 Å². The highest BCUT2D eigenvalue weighted by Crippen LogP contribution is 2.20. The number of hydrogen-bond acceptors (Lipinski definition) is 3. The lowest BCUT2D eigenvalue weighted by Crippen LogP contribution is -2.37. The van der Waals surface area contributed by atoms with Crippen LogP contribution in [0.15, 0.2) is 36.5 Å². The fraction of sp³-hybridized carbons (Fsp3) is 0.500. The van der Waals surface area contributed by atoms with Crippen LogP contribution in [0.3, 0.4) is 0 Å². The number of rotatable bonds is 5. The quantitative estimate of drug-likeness (QED) is 0.903. The topological polar surface area (TPSA) is 34.1 Å². The van der Waals surface area contributed by atoms with Crippen molar-refractivity contribution in [1.29, 1.82) is 0 Å². The maximum absolute atomic E-state index is 6.01. The highest BCUT2D eigenvalue weighted by molar-refractivity contribution is 5.79. The molecule has 1 aliphatic carbocycles. The summed E-state index contributed by atoms with van der Waals surface area (Å²) in [6, 6.07) is 10.8. The van der Waals surface area contributed by atoms with E-state index < -0.39 is 0 Å². The Labute approximate surface area is 126 Å². The average molecular weight is 284 g/mol. The van der Waals surface area contributed by atoms with Crippen LogP contribution in [-0.4, -0.2) is 23.7 Å². The number of nitrogens with zero attached hydrogens (tertiary/aromatic N) is 1. The molecule has 1 saturated carbocycles. The minimum absolute atomic E-state index is 0.174. The highest BCUT2D eigenvalue weighted by Gasteiger charge is 2.14. The fourth-order valence-corrected chi connectivity index (χ4v) is 3.03. The predicted octanol–water partition coefficient (Wildman–Crippen LogP) is 3.92. The summed E-state index contributed by atoms with van der Waals surface area (Å²) in [5.74, 6) is 0.902. The van der Waals surface area contributed by atoms with Crippen molar-refractivity contribution in [1.82, 2.24) is 10.3 Å². The van der Waals surface area contributed by atoms with E-state index in [1.54, 1.807) is 0 Å². The minimum Gasteiger partial charge on any atom is -0.489 e. The Balaban J connectivity index is 1.54. The molecule has 2 aromatic rings. The third kappa shape index (κ3) is 3.94. The molecule has 3 heteroatoms. The second-order valence-electron chi connectivity index (χ2n) is 6.03. The zero-order chi connectivity index (χ0) is 14.5. The molecule has 0 aliphatic heterocycles. The summed E-state index contributed by atoms with van der Waals surface area (Å²) in [7, 11) is 0. The molecule has 1 unspecified atom stereocenters. The molecule has 1 atom stereocenters. The third-order valence-corrected chi connectivity index (χ3v) is 4.21. The van der Waals surface area contributed by atoms with Crippen molar-refractivity contribution in [2.75, 3.05) is 6.54 Å². The number of benzene rings is 1. The summed E-state index contributed by atoms with van der Waals surface area (Å²) in [6.07, 6.45) is 8.74. The van der Waals surface area contributed by atoms with Crippen molar-refractivity contribution in [2.45, 2.75) is 51.2 Å². The van der Waals surface area contributed by atoms with Gasteiger partial charge in [0.15, 0.2) is 0 Å². The van der Waals surface area contributed by atoms with E-state index in [1.807, 2.05) is 24.4 Å². The number of fused-ring (bicyclic) bond motifs is 1. The Morgan fingerprint density at radius 2 is 2.10 bits per heavy atom. The van der Waals surface area contributed by atoms with Gasteiger partial charge in [-0.05, 0) is 38.0 Å². The zero-order valence-corrected chi connectivity index (χ0v) is 12.7. The van der Waals surface area contributed by atoms with Crippen LogP contribution >= 0.6 is 0 Å². The van der Waals surface area contributed by atoms with E-state index in [-0.39, 0.29) is 6.10 Å². The SMILES string of the molecule is CC(CNC1CCCCC1)Oc1ccc2cccnc2c1. The molecule has 1 aromatic carbocycles. The van der Waals surface area contributed by atoms with E-state index in [1.165, 1.54) is 32.1 Å². The summed E-state index contributed by atoms with van der Waals surface area (Å²) in [5.41, 5.74) is 0.988. The molecule has 1 fully saturated rings. The van der Waals surface area contributed by atoms with Gasteiger partial charge in [0.1, 0.15) is 11.9 Å². The van der Waals surface area contributed by atoms with Gasteiger partial charge in [0.2, 0.25) is 0 Å².